The predicted molar refractivity (Wildman–Crippen MR) is 60.1 cm³/mol. The van der Waals surface area contributed by atoms with Crippen LogP contribution in [0.1, 0.15) is 34.1 Å². The average molecular weight is 186 g/mol. The lowest BCUT2D eigenvalue weighted by molar-refractivity contribution is 0.284. The monoisotopic (exact) mass is 186 g/mol. The van der Waals surface area contributed by atoms with Crippen LogP contribution in [-0.4, -0.2) is 38.1 Å². The molecule has 1 N–H and O–H groups in total. The number of nitrogens with zero attached hydrogens (tertiary/aromatic N) is 1. The number of nitrogens with one attached hydrogen (secondary N) is 1. The van der Waals surface area contributed by atoms with E-state index in [1.807, 2.05) is 0 Å². The highest BCUT2D eigenvalue weighted by molar-refractivity contribution is 4.73. The van der Waals surface area contributed by atoms with Gasteiger partial charge in [0, 0.05) is 19.1 Å². The molecule has 0 aromatic rings. The number of hydrogen-bond donors (Lipinski definition) is 1. The van der Waals surface area contributed by atoms with E-state index in [4.69, 9.17) is 0 Å². The molecule has 0 rings (SSSR count). The first-order valence-electron chi connectivity index (χ1n) is 5.25. The van der Waals surface area contributed by atoms with Crippen LogP contribution in [0.5, 0.6) is 0 Å². The summed E-state index contributed by atoms with van der Waals surface area (Å²) < 4.78 is 0. The van der Waals surface area contributed by atoms with E-state index in [1.54, 1.807) is 0 Å². The standard InChI is InChI=1S/C11H26N2/c1-7-11(3,4)9-12-10(2)8-13(5)6/h10,12H,7-9H2,1-6H3. The zero-order valence-electron chi connectivity index (χ0n) is 10.1. The minimum atomic E-state index is 0.431. The van der Waals surface area contributed by atoms with Crippen LogP contribution in [0.2, 0.25) is 0 Å². The Labute approximate surface area is 83.7 Å². The summed E-state index contributed by atoms with van der Waals surface area (Å²) in [5.74, 6) is 0. The van der Waals surface area contributed by atoms with E-state index >= 15 is 0 Å². The van der Waals surface area contributed by atoms with Crippen molar-refractivity contribution in [2.24, 2.45) is 5.41 Å². The summed E-state index contributed by atoms with van der Waals surface area (Å²) in [6.45, 7) is 11.3. The van der Waals surface area contributed by atoms with Crippen molar-refractivity contribution in [1.29, 1.82) is 0 Å². The minimum Gasteiger partial charge on any atom is -0.312 e. The van der Waals surface area contributed by atoms with Crippen molar-refractivity contribution in [3.8, 4) is 0 Å². The molecule has 0 aliphatic carbocycles. The van der Waals surface area contributed by atoms with Crippen molar-refractivity contribution in [2.75, 3.05) is 27.2 Å². The van der Waals surface area contributed by atoms with Gasteiger partial charge in [-0.25, -0.2) is 0 Å². The molecule has 0 fully saturated rings. The molecule has 0 radical (unpaired) electrons. The SMILES string of the molecule is CCC(C)(C)CNC(C)CN(C)C. The summed E-state index contributed by atoms with van der Waals surface area (Å²) in [7, 11) is 4.23. The fourth-order valence-electron chi connectivity index (χ4n) is 1.19. The Bertz CT molecular complexity index is 130. The third kappa shape index (κ3) is 7.03. The Morgan fingerprint density at radius 2 is 1.85 bits per heavy atom. The van der Waals surface area contributed by atoms with Gasteiger partial charge in [0.25, 0.3) is 0 Å². The zero-order valence-corrected chi connectivity index (χ0v) is 10.1. The first-order chi connectivity index (χ1) is 5.87. The van der Waals surface area contributed by atoms with Crippen molar-refractivity contribution < 1.29 is 0 Å². The second-order valence-corrected chi connectivity index (χ2v) is 5.06. The van der Waals surface area contributed by atoms with Crippen LogP contribution in [0.4, 0.5) is 0 Å². The lowest BCUT2D eigenvalue weighted by Gasteiger charge is -2.26. The summed E-state index contributed by atoms with van der Waals surface area (Å²) in [5.41, 5.74) is 0.431. The first kappa shape index (κ1) is 12.9. The van der Waals surface area contributed by atoms with Crippen LogP contribution >= 0.6 is 0 Å². The summed E-state index contributed by atoms with van der Waals surface area (Å²) in [6, 6.07) is 0.584. The Hall–Kier alpha value is -0.0800. The fourth-order valence-corrected chi connectivity index (χ4v) is 1.19. The topological polar surface area (TPSA) is 15.3 Å². The van der Waals surface area contributed by atoms with Gasteiger partial charge in [-0.1, -0.05) is 20.8 Å². The molecule has 0 aliphatic heterocycles. The molecular formula is C11H26N2. The highest BCUT2D eigenvalue weighted by Crippen LogP contribution is 2.17. The third-order valence-corrected chi connectivity index (χ3v) is 2.53. The molecule has 2 heteroatoms. The molecule has 80 valence electrons. The van der Waals surface area contributed by atoms with Crippen LogP contribution in [-0.2, 0) is 0 Å². The van der Waals surface area contributed by atoms with Crippen molar-refractivity contribution in [1.82, 2.24) is 10.2 Å². The van der Waals surface area contributed by atoms with Gasteiger partial charge in [-0.2, -0.15) is 0 Å². The number of rotatable bonds is 6. The summed E-state index contributed by atoms with van der Waals surface area (Å²) in [6.07, 6.45) is 1.23. The molecule has 13 heavy (non-hydrogen) atoms. The largest absolute Gasteiger partial charge is 0.312 e. The maximum atomic E-state index is 3.56. The second kappa shape index (κ2) is 5.61. The molecule has 1 atom stereocenters. The Morgan fingerprint density at radius 3 is 2.23 bits per heavy atom. The summed E-state index contributed by atoms with van der Waals surface area (Å²) in [4.78, 5) is 2.22. The van der Waals surface area contributed by atoms with Gasteiger partial charge in [0.05, 0.1) is 0 Å². The van der Waals surface area contributed by atoms with Crippen LogP contribution in [0.3, 0.4) is 0 Å². The Morgan fingerprint density at radius 1 is 1.31 bits per heavy atom. The molecule has 0 spiro atoms. The maximum absolute atomic E-state index is 3.56. The second-order valence-electron chi connectivity index (χ2n) is 5.06. The van der Waals surface area contributed by atoms with Crippen LogP contribution in [0.15, 0.2) is 0 Å². The molecule has 0 aromatic heterocycles. The van der Waals surface area contributed by atoms with Crippen LogP contribution in [0, 0.1) is 5.41 Å². The zero-order chi connectivity index (χ0) is 10.5. The van der Waals surface area contributed by atoms with Gasteiger partial charge in [-0.15, -0.1) is 0 Å². The smallest absolute Gasteiger partial charge is 0.0166 e. The molecule has 1 unspecified atom stereocenters. The lowest BCUT2D eigenvalue weighted by atomic mass is 9.90. The predicted octanol–water partition coefficient (Wildman–Crippen LogP) is 1.96. The highest BCUT2D eigenvalue weighted by Gasteiger charge is 2.15. The molecule has 0 saturated carbocycles. The molecule has 0 amide bonds. The maximum Gasteiger partial charge on any atom is 0.0166 e. The molecule has 0 aliphatic rings. The fraction of sp³-hybridized carbons (Fsp3) is 1.00. The van der Waals surface area contributed by atoms with E-state index in [0.717, 1.165) is 13.1 Å². The third-order valence-electron chi connectivity index (χ3n) is 2.53. The summed E-state index contributed by atoms with van der Waals surface area (Å²) in [5, 5.41) is 3.56. The van der Waals surface area contributed by atoms with Crippen LogP contribution in [0.25, 0.3) is 0 Å². The van der Waals surface area contributed by atoms with E-state index in [2.05, 4.69) is 52.0 Å². The minimum absolute atomic E-state index is 0.431. The van der Waals surface area contributed by atoms with Gasteiger partial charge in [-0.05, 0) is 32.9 Å². The van der Waals surface area contributed by atoms with Gasteiger partial charge >= 0.3 is 0 Å². The van der Waals surface area contributed by atoms with Gasteiger partial charge < -0.3 is 10.2 Å². The molecule has 0 saturated heterocycles. The first-order valence-corrected chi connectivity index (χ1v) is 5.25. The van der Waals surface area contributed by atoms with E-state index in [0.29, 0.717) is 11.5 Å². The van der Waals surface area contributed by atoms with Gasteiger partial charge in [-0.3, -0.25) is 0 Å². The number of likely N-dealkylation sites (N-methyl/N-ethyl adjacent to an activating group) is 1. The van der Waals surface area contributed by atoms with Gasteiger partial charge in [0.1, 0.15) is 0 Å². The highest BCUT2D eigenvalue weighted by atomic mass is 15.1. The van der Waals surface area contributed by atoms with E-state index < -0.39 is 0 Å². The molecule has 2 nitrogen and oxygen atoms in total. The Kier molecular flexibility index (Phi) is 5.57. The van der Waals surface area contributed by atoms with Crippen molar-refractivity contribution >= 4 is 0 Å². The van der Waals surface area contributed by atoms with Crippen molar-refractivity contribution in [3.05, 3.63) is 0 Å². The number of hydrogen-bond acceptors (Lipinski definition) is 2. The Balaban J connectivity index is 3.63. The van der Waals surface area contributed by atoms with E-state index in [1.165, 1.54) is 6.42 Å². The molecular weight excluding hydrogens is 160 g/mol. The molecule has 0 aromatic carbocycles. The van der Waals surface area contributed by atoms with Crippen LogP contribution < -0.4 is 5.32 Å². The van der Waals surface area contributed by atoms with E-state index in [-0.39, 0.29) is 0 Å². The molecule has 0 heterocycles. The van der Waals surface area contributed by atoms with Crippen molar-refractivity contribution in [2.45, 2.75) is 40.2 Å². The quantitative estimate of drug-likeness (QED) is 0.682. The van der Waals surface area contributed by atoms with Gasteiger partial charge in [0.2, 0.25) is 0 Å². The summed E-state index contributed by atoms with van der Waals surface area (Å²) >= 11 is 0. The van der Waals surface area contributed by atoms with Crippen molar-refractivity contribution in [3.63, 3.8) is 0 Å². The lowest BCUT2D eigenvalue weighted by Crippen LogP contribution is -2.40. The van der Waals surface area contributed by atoms with E-state index in [9.17, 15) is 0 Å². The normalized spacial score (nSPS) is 15.0. The molecule has 0 bridgehead atoms. The average Bonchev–Trinajstić information content (AvgIpc) is 2.00. The van der Waals surface area contributed by atoms with Gasteiger partial charge in [0.15, 0.2) is 0 Å².